The number of benzene rings is 2. The molecule has 2 aromatic rings. The fraction of sp³-hybridized carbons (Fsp3) is 0.158. The molecule has 2 amide bonds. The van der Waals surface area contributed by atoms with Gasteiger partial charge in [0.05, 0.1) is 16.2 Å². The van der Waals surface area contributed by atoms with Crippen molar-refractivity contribution in [3.8, 4) is 5.75 Å². The number of ether oxygens (including phenoxy) is 1. The van der Waals surface area contributed by atoms with Gasteiger partial charge in [-0.2, -0.15) is 0 Å². The third kappa shape index (κ3) is 4.00. The van der Waals surface area contributed by atoms with Crippen LogP contribution in [-0.2, 0) is 9.59 Å². The third-order valence-electron chi connectivity index (χ3n) is 3.70. The number of amides is 2. The predicted octanol–water partition coefficient (Wildman–Crippen LogP) is 4.62. The van der Waals surface area contributed by atoms with Gasteiger partial charge in [-0.3, -0.25) is 9.59 Å². The van der Waals surface area contributed by atoms with Crippen molar-refractivity contribution in [1.82, 2.24) is 0 Å². The number of carbonyl (C=O) groups is 2. The monoisotopic (exact) mass is 393 g/mol. The second-order valence-corrected chi connectivity index (χ2v) is 6.77. The van der Waals surface area contributed by atoms with Crippen LogP contribution in [0.1, 0.15) is 12.5 Å². The summed E-state index contributed by atoms with van der Waals surface area (Å²) < 4.78 is 41.3. The van der Waals surface area contributed by atoms with Crippen LogP contribution in [0.5, 0.6) is 5.75 Å². The molecule has 0 bridgehead atoms. The highest BCUT2D eigenvalue weighted by molar-refractivity contribution is 8.04. The van der Waals surface area contributed by atoms with Gasteiger partial charge in [0.25, 0.3) is 11.8 Å². The summed E-state index contributed by atoms with van der Waals surface area (Å²) in [6, 6.07) is 13.5. The molecule has 2 aromatic carbocycles. The highest BCUT2D eigenvalue weighted by atomic mass is 32.2. The van der Waals surface area contributed by atoms with Gasteiger partial charge in [0.2, 0.25) is 0 Å². The summed E-state index contributed by atoms with van der Waals surface area (Å²) in [6.45, 7) is 1.85. The summed E-state index contributed by atoms with van der Waals surface area (Å²) in [6.07, 6.45) is -4.87. The molecule has 0 atom stereocenters. The van der Waals surface area contributed by atoms with Gasteiger partial charge < -0.3 is 4.74 Å². The molecule has 0 aliphatic carbocycles. The molecule has 1 heterocycles. The summed E-state index contributed by atoms with van der Waals surface area (Å²) in [4.78, 5) is 27.0. The van der Waals surface area contributed by atoms with Crippen molar-refractivity contribution in [2.45, 2.75) is 13.3 Å². The number of nitrogens with zero attached hydrogens (tertiary/aromatic N) is 1. The van der Waals surface area contributed by atoms with E-state index in [0.29, 0.717) is 11.3 Å². The van der Waals surface area contributed by atoms with Crippen LogP contribution in [0.2, 0.25) is 0 Å². The Labute approximate surface area is 157 Å². The lowest BCUT2D eigenvalue weighted by molar-refractivity contribution is -0.274. The Morgan fingerprint density at radius 2 is 1.70 bits per heavy atom. The Balaban J connectivity index is 2.01. The number of rotatable bonds is 5. The number of thioether (sulfide) groups is 1. The maximum atomic E-state index is 13.0. The van der Waals surface area contributed by atoms with Crippen molar-refractivity contribution in [3.63, 3.8) is 0 Å². The Kier molecular flexibility index (Phi) is 5.27. The molecule has 0 unspecified atom stereocenters. The molecule has 8 heteroatoms. The number of hydrogen-bond acceptors (Lipinski definition) is 4. The van der Waals surface area contributed by atoms with Crippen molar-refractivity contribution in [3.05, 3.63) is 65.1 Å². The molecule has 3 rings (SSSR count). The number of anilines is 1. The van der Waals surface area contributed by atoms with E-state index in [1.165, 1.54) is 23.9 Å². The van der Waals surface area contributed by atoms with Crippen LogP contribution in [0.15, 0.2) is 59.5 Å². The molecule has 0 radical (unpaired) electrons. The van der Waals surface area contributed by atoms with E-state index in [9.17, 15) is 22.8 Å². The van der Waals surface area contributed by atoms with Gasteiger partial charge in [-0.25, -0.2) is 4.90 Å². The molecule has 0 aromatic heterocycles. The van der Waals surface area contributed by atoms with Crippen LogP contribution in [-0.4, -0.2) is 23.9 Å². The number of halogens is 3. The average Bonchev–Trinajstić information content (AvgIpc) is 2.85. The number of imide groups is 1. The van der Waals surface area contributed by atoms with Crippen LogP contribution in [0, 0.1) is 0 Å². The summed E-state index contributed by atoms with van der Waals surface area (Å²) in [7, 11) is 0. The van der Waals surface area contributed by atoms with E-state index in [1.54, 1.807) is 30.3 Å². The van der Waals surface area contributed by atoms with Crippen molar-refractivity contribution < 1.29 is 27.5 Å². The summed E-state index contributed by atoms with van der Waals surface area (Å²) >= 11 is 1.22. The first-order valence-electron chi connectivity index (χ1n) is 7.99. The molecule has 0 fully saturated rings. The number of hydrogen-bond donors (Lipinski definition) is 0. The van der Waals surface area contributed by atoms with Crippen molar-refractivity contribution in [2.24, 2.45) is 0 Å². The zero-order valence-corrected chi connectivity index (χ0v) is 14.9. The lowest BCUT2D eigenvalue weighted by Gasteiger charge is -2.17. The van der Waals surface area contributed by atoms with E-state index >= 15 is 0 Å². The minimum absolute atomic E-state index is 0.0203. The van der Waals surface area contributed by atoms with E-state index in [4.69, 9.17) is 0 Å². The molecular weight excluding hydrogens is 379 g/mol. The minimum Gasteiger partial charge on any atom is -0.406 e. The highest BCUT2D eigenvalue weighted by Gasteiger charge is 2.40. The van der Waals surface area contributed by atoms with Gasteiger partial charge in [-0.05, 0) is 23.4 Å². The first-order chi connectivity index (χ1) is 12.8. The predicted molar refractivity (Wildman–Crippen MR) is 97.1 cm³/mol. The van der Waals surface area contributed by atoms with Gasteiger partial charge in [-0.15, -0.1) is 24.9 Å². The topological polar surface area (TPSA) is 46.6 Å². The largest absolute Gasteiger partial charge is 0.573 e. The lowest BCUT2D eigenvalue weighted by Crippen LogP contribution is -2.31. The van der Waals surface area contributed by atoms with Gasteiger partial charge in [0, 0.05) is 6.07 Å². The zero-order chi connectivity index (χ0) is 19.6. The molecular formula is C19H14F3NO3S. The summed E-state index contributed by atoms with van der Waals surface area (Å²) in [5.74, 6) is -1.07. The second kappa shape index (κ2) is 7.48. The van der Waals surface area contributed by atoms with Crippen LogP contribution in [0.3, 0.4) is 0 Å². The maximum Gasteiger partial charge on any atom is 0.573 e. The van der Waals surface area contributed by atoms with Crippen LogP contribution >= 0.6 is 11.8 Å². The summed E-state index contributed by atoms with van der Waals surface area (Å²) in [5, 5.41) is 0. The van der Waals surface area contributed by atoms with E-state index in [0.717, 1.165) is 17.0 Å². The highest BCUT2D eigenvalue weighted by Crippen LogP contribution is 2.39. The van der Waals surface area contributed by atoms with Gasteiger partial charge in [0.15, 0.2) is 0 Å². The van der Waals surface area contributed by atoms with E-state index in [2.05, 4.69) is 4.74 Å². The Hall–Kier alpha value is -2.74. The van der Waals surface area contributed by atoms with Crippen molar-refractivity contribution >= 4 is 34.8 Å². The second-order valence-electron chi connectivity index (χ2n) is 5.49. The zero-order valence-electron chi connectivity index (χ0n) is 14.1. The van der Waals surface area contributed by atoms with Gasteiger partial charge >= 0.3 is 6.36 Å². The molecule has 0 spiro atoms. The smallest absolute Gasteiger partial charge is 0.406 e. The van der Waals surface area contributed by atoms with Gasteiger partial charge in [0.1, 0.15) is 5.75 Å². The molecule has 0 saturated heterocycles. The molecule has 27 heavy (non-hydrogen) atoms. The van der Waals surface area contributed by atoms with Crippen LogP contribution in [0.4, 0.5) is 18.9 Å². The Morgan fingerprint density at radius 3 is 2.33 bits per heavy atom. The molecule has 1 aliphatic rings. The molecule has 1 aliphatic heterocycles. The van der Waals surface area contributed by atoms with E-state index < -0.39 is 23.9 Å². The quantitative estimate of drug-likeness (QED) is 0.696. The maximum absolute atomic E-state index is 13.0. The summed E-state index contributed by atoms with van der Waals surface area (Å²) in [5.41, 5.74) is 0.846. The third-order valence-corrected chi connectivity index (χ3v) is 4.66. The lowest BCUT2D eigenvalue weighted by atomic mass is 10.1. The van der Waals surface area contributed by atoms with E-state index in [-0.39, 0.29) is 16.2 Å². The first kappa shape index (κ1) is 19.0. The van der Waals surface area contributed by atoms with E-state index in [1.807, 2.05) is 6.92 Å². The molecule has 140 valence electrons. The average molecular weight is 393 g/mol. The number of alkyl halides is 3. The molecule has 0 saturated carbocycles. The van der Waals surface area contributed by atoms with Crippen LogP contribution in [0.25, 0.3) is 5.57 Å². The Morgan fingerprint density at radius 1 is 1.00 bits per heavy atom. The molecule has 4 nitrogen and oxygen atoms in total. The van der Waals surface area contributed by atoms with Crippen molar-refractivity contribution in [2.75, 3.05) is 10.7 Å². The fourth-order valence-electron chi connectivity index (χ4n) is 2.70. The normalized spacial score (nSPS) is 14.9. The van der Waals surface area contributed by atoms with Gasteiger partial charge in [-0.1, -0.05) is 43.3 Å². The molecule has 0 N–H and O–H groups in total. The minimum atomic E-state index is -4.87. The SMILES string of the molecule is CCSC1=C(c2ccccc2)C(=O)N(c2cccc(OC(F)(F)F)c2)C1=O. The van der Waals surface area contributed by atoms with Crippen LogP contribution < -0.4 is 9.64 Å². The standard InChI is InChI=1S/C19H14F3NO3S/c1-2-27-16-15(12-7-4-3-5-8-12)17(24)23(18(16)25)13-9-6-10-14(11-13)26-19(20,21)22/h3-11H,2H2,1H3. The number of carbonyl (C=O) groups excluding carboxylic acids is 2. The Bertz CT molecular complexity index is 910. The van der Waals surface area contributed by atoms with Crippen molar-refractivity contribution in [1.29, 1.82) is 0 Å². The fourth-order valence-corrected chi connectivity index (χ4v) is 3.55. The first-order valence-corrected chi connectivity index (χ1v) is 8.97.